The Labute approximate surface area is 120 Å². The number of hydrogen-bond donors (Lipinski definition) is 0. The van der Waals surface area contributed by atoms with E-state index in [0.29, 0.717) is 23.7 Å². The zero-order valence-electron chi connectivity index (χ0n) is 12.8. The van der Waals surface area contributed by atoms with Gasteiger partial charge < -0.3 is 0 Å². The van der Waals surface area contributed by atoms with Crippen LogP contribution in [0.2, 0.25) is 0 Å². The Morgan fingerprint density at radius 3 is 2.48 bits per heavy atom. The maximum Gasteiger partial charge on any atom is 0.332 e. The zero-order valence-corrected chi connectivity index (χ0v) is 12.8. The maximum absolute atomic E-state index is 12.5. The predicted octanol–water partition coefficient (Wildman–Crippen LogP) is 0.211. The van der Waals surface area contributed by atoms with E-state index in [4.69, 9.17) is 0 Å². The van der Waals surface area contributed by atoms with Crippen molar-refractivity contribution in [1.29, 1.82) is 0 Å². The fourth-order valence-electron chi connectivity index (χ4n) is 2.67. The molecule has 0 amide bonds. The van der Waals surface area contributed by atoms with Crippen molar-refractivity contribution in [1.82, 2.24) is 18.7 Å². The summed E-state index contributed by atoms with van der Waals surface area (Å²) in [7, 11) is 3.11. The molecule has 0 fully saturated rings. The lowest BCUT2D eigenvalue weighted by atomic mass is 10.2. The molecule has 0 unspecified atom stereocenters. The normalized spacial score (nSPS) is 18.0. The maximum atomic E-state index is 12.5. The van der Waals surface area contributed by atoms with Gasteiger partial charge >= 0.3 is 5.69 Å². The number of nitrogens with zero attached hydrogens (tertiary/aromatic N) is 6. The highest BCUT2D eigenvalue weighted by atomic mass is 16.2. The Bertz CT molecular complexity index is 885. The van der Waals surface area contributed by atoms with E-state index in [1.165, 1.54) is 11.6 Å². The fraction of sp³-hybridized carbons (Fsp3) is 0.538. The first-order valence-electron chi connectivity index (χ1n) is 6.89. The molecule has 0 N–H and O–H groups in total. The van der Waals surface area contributed by atoms with E-state index in [9.17, 15) is 9.59 Å². The molecule has 1 atom stereocenters. The van der Waals surface area contributed by atoms with E-state index in [2.05, 4.69) is 10.1 Å². The molecule has 3 heterocycles. The number of hydrogen-bond acceptors (Lipinski definition) is 5. The van der Waals surface area contributed by atoms with Crippen LogP contribution in [-0.4, -0.2) is 30.9 Å². The third-order valence-corrected chi connectivity index (χ3v) is 4.07. The first kappa shape index (κ1) is 13.6. The molecule has 0 bridgehead atoms. The number of hydrazone groups is 1. The fourth-order valence-corrected chi connectivity index (χ4v) is 2.67. The van der Waals surface area contributed by atoms with Crippen molar-refractivity contribution in [2.75, 3.05) is 11.6 Å². The van der Waals surface area contributed by atoms with Crippen molar-refractivity contribution in [2.45, 2.75) is 26.8 Å². The molecule has 1 aliphatic rings. The van der Waals surface area contributed by atoms with Crippen molar-refractivity contribution in [3.63, 3.8) is 0 Å². The van der Waals surface area contributed by atoms with E-state index >= 15 is 0 Å². The highest BCUT2D eigenvalue weighted by Gasteiger charge is 2.29. The highest BCUT2D eigenvalue weighted by Crippen LogP contribution is 2.29. The van der Waals surface area contributed by atoms with Gasteiger partial charge in [0, 0.05) is 20.6 Å². The van der Waals surface area contributed by atoms with Gasteiger partial charge in [-0.05, 0) is 20.8 Å². The summed E-state index contributed by atoms with van der Waals surface area (Å²) in [5, 5.41) is 6.24. The van der Waals surface area contributed by atoms with Gasteiger partial charge in [0.1, 0.15) is 0 Å². The van der Waals surface area contributed by atoms with Crippen LogP contribution in [-0.2, 0) is 14.1 Å². The Morgan fingerprint density at radius 2 is 1.86 bits per heavy atom. The second kappa shape index (κ2) is 4.31. The van der Waals surface area contributed by atoms with Crippen LogP contribution >= 0.6 is 0 Å². The first-order chi connectivity index (χ1) is 9.88. The molecule has 2 aromatic rings. The molecular weight excluding hydrogens is 272 g/mol. The molecule has 0 aromatic carbocycles. The Morgan fingerprint density at radius 1 is 1.19 bits per heavy atom. The molecule has 0 radical (unpaired) electrons. The van der Waals surface area contributed by atoms with Gasteiger partial charge in [0.05, 0.1) is 11.8 Å². The van der Waals surface area contributed by atoms with E-state index in [-0.39, 0.29) is 17.3 Å². The lowest BCUT2D eigenvalue weighted by Crippen LogP contribution is -2.38. The summed E-state index contributed by atoms with van der Waals surface area (Å²) in [6, 6.07) is -0.0713. The van der Waals surface area contributed by atoms with E-state index in [1.807, 2.05) is 25.3 Å². The minimum absolute atomic E-state index is 0.0713. The van der Waals surface area contributed by atoms with E-state index in [0.717, 1.165) is 10.3 Å². The summed E-state index contributed by atoms with van der Waals surface area (Å²) in [6.07, 6.45) is 0. The van der Waals surface area contributed by atoms with Crippen molar-refractivity contribution >= 4 is 22.8 Å². The summed E-state index contributed by atoms with van der Waals surface area (Å²) in [4.78, 5) is 29.0. The average molecular weight is 290 g/mol. The van der Waals surface area contributed by atoms with Crippen molar-refractivity contribution < 1.29 is 0 Å². The SMILES string of the molecule is CCN1N=C(C)[C@@H](C)n2c1nc1c2c(=O)n(C)c(=O)n1C. The Balaban J connectivity index is 2.52. The van der Waals surface area contributed by atoms with Crippen LogP contribution in [0.15, 0.2) is 14.7 Å². The number of anilines is 1. The zero-order chi connectivity index (χ0) is 15.5. The van der Waals surface area contributed by atoms with Crippen molar-refractivity contribution in [3.8, 4) is 0 Å². The number of aryl methyl sites for hydroxylation is 1. The molecule has 0 aliphatic carbocycles. The van der Waals surface area contributed by atoms with Crippen LogP contribution in [0.4, 0.5) is 5.95 Å². The molecule has 3 rings (SSSR count). The summed E-state index contributed by atoms with van der Waals surface area (Å²) in [5.74, 6) is 0.601. The lowest BCUT2D eigenvalue weighted by Gasteiger charge is -2.28. The van der Waals surface area contributed by atoms with Crippen molar-refractivity contribution in [2.24, 2.45) is 19.2 Å². The van der Waals surface area contributed by atoms with Gasteiger partial charge in [-0.3, -0.25) is 18.5 Å². The van der Waals surface area contributed by atoms with Gasteiger partial charge in [0.25, 0.3) is 5.56 Å². The van der Waals surface area contributed by atoms with Gasteiger partial charge in [-0.2, -0.15) is 10.1 Å². The summed E-state index contributed by atoms with van der Waals surface area (Å²) in [6.45, 7) is 6.50. The Hall–Kier alpha value is -2.38. The first-order valence-corrected chi connectivity index (χ1v) is 6.89. The molecule has 1 aliphatic heterocycles. The molecule has 0 saturated carbocycles. The molecule has 2 aromatic heterocycles. The minimum atomic E-state index is -0.378. The van der Waals surface area contributed by atoms with E-state index in [1.54, 1.807) is 12.1 Å². The minimum Gasteiger partial charge on any atom is -0.294 e. The molecule has 21 heavy (non-hydrogen) atoms. The third-order valence-electron chi connectivity index (χ3n) is 4.07. The Kier molecular flexibility index (Phi) is 2.79. The number of aromatic nitrogens is 4. The van der Waals surface area contributed by atoms with Crippen LogP contribution in [0.1, 0.15) is 26.8 Å². The quantitative estimate of drug-likeness (QED) is 0.752. The van der Waals surface area contributed by atoms with E-state index < -0.39 is 0 Å². The number of rotatable bonds is 1. The molecule has 8 heteroatoms. The topological polar surface area (TPSA) is 77.4 Å². The monoisotopic (exact) mass is 290 g/mol. The molecule has 0 spiro atoms. The summed E-state index contributed by atoms with van der Waals surface area (Å²) < 4.78 is 4.38. The van der Waals surface area contributed by atoms with Crippen LogP contribution in [0, 0.1) is 0 Å². The van der Waals surface area contributed by atoms with Gasteiger partial charge in [-0.15, -0.1) is 0 Å². The predicted molar refractivity (Wildman–Crippen MR) is 81.1 cm³/mol. The molecule has 8 nitrogen and oxygen atoms in total. The summed E-state index contributed by atoms with van der Waals surface area (Å²) >= 11 is 0. The van der Waals surface area contributed by atoms with Crippen LogP contribution in [0.25, 0.3) is 11.2 Å². The molecule has 112 valence electrons. The van der Waals surface area contributed by atoms with Gasteiger partial charge in [-0.1, -0.05) is 0 Å². The lowest BCUT2D eigenvalue weighted by molar-refractivity contribution is 0.641. The van der Waals surface area contributed by atoms with Crippen molar-refractivity contribution in [3.05, 3.63) is 20.8 Å². The standard InChI is InChI=1S/C13H18N6O2/c1-6-18-12-14-10-9(19(12)8(3)7(2)15-18)11(20)17(5)13(21)16(10)4/h8H,6H2,1-5H3/t8-/m1/s1. The van der Waals surface area contributed by atoms with Crippen LogP contribution in [0.5, 0.6) is 0 Å². The number of imidazole rings is 1. The number of fused-ring (bicyclic) bond motifs is 3. The average Bonchev–Trinajstić information content (AvgIpc) is 2.87. The van der Waals surface area contributed by atoms with Gasteiger partial charge in [0.15, 0.2) is 11.2 Å². The largest absolute Gasteiger partial charge is 0.332 e. The molecule has 0 saturated heterocycles. The van der Waals surface area contributed by atoms with Gasteiger partial charge in [0.2, 0.25) is 5.95 Å². The third kappa shape index (κ3) is 1.61. The second-order valence-electron chi connectivity index (χ2n) is 5.29. The second-order valence-corrected chi connectivity index (χ2v) is 5.29. The van der Waals surface area contributed by atoms with Gasteiger partial charge in [-0.25, -0.2) is 9.80 Å². The van der Waals surface area contributed by atoms with Crippen LogP contribution in [0.3, 0.4) is 0 Å². The smallest absolute Gasteiger partial charge is 0.294 e. The molecular formula is C13H18N6O2. The van der Waals surface area contributed by atoms with Crippen LogP contribution < -0.4 is 16.3 Å². The highest BCUT2D eigenvalue weighted by molar-refractivity contribution is 5.90. The summed E-state index contributed by atoms with van der Waals surface area (Å²) in [5.41, 5.74) is 1.03.